The Hall–Kier alpha value is -1.53. The number of ether oxygens (including phenoxy) is 1. The second-order valence-corrected chi connectivity index (χ2v) is 4.05. The van der Waals surface area contributed by atoms with Crippen molar-refractivity contribution in [2.45, 2.75) is 18.9 Å². The van der Waals surface area contributed by atoms with Gasteiger partial charge in [0.1, 0.15) is 5.82 Å². The molecule has 1 atom stereocenters. The molecule has 0 aliphatic heterocycles. The summed E-state index contributed by atoms with van der Waals surface area (Å²) in [4.78, 5) is 10.0. The Morgan fingerprint density at radius 1 is 1.50 bits per heavy atom. The number of hydrogen-bond donors (Lipinski definition) is 1. The van der Waals surface area contributed by atoms with E-state index >= 15 is 0 Å². The number of halogens is 1. The molecule has 0 spiro atoms. The third kappa shape index (κ3) is 4.38. The van der Waals surface area contributed by atoms with Crippen LogP contribution in [0.15, 0.2) is 18.2 Å². The molecule has 0 amide bonds. The van der Waals surface area contributed by atoms with Gasteiger partial charge in [0.15, 0.2) is 0 Å². The molecule has 0 fully saturated rings. The number of likely N-dealkylation sites (N-methyl/N-ethyl adjacent to an activating group) is 1. The normalized spacial score (nSPS) is 12.4. The van der Waals surface area contributed by atoms with E-state index in [0.29, 0.717) is 18.6 Å². The fourth-order valence-corrected chi connectivity index (χ4v) is 1.74. The van der Waals surface area contributed by atoms with E-state index in [9.17, 15) is 14.5 Å². The summed E-state index contributed by atoms with van der Waals surface area (Å²) >= 11 is 0. The molecule has 0 saturated carbocycles. The summed E-state index contributed by atoms with van der Waals surface area (Å²) < 4.78 is 18.2. The van der Waals surface area contributed by atoms with Crippen LogP contribution in [0.25, 0.3) is 0 Å². The van der Waals surface area contributed by atoms with Crippen LogP contribution in [-0.2, 0) is 11.2 Å². The summed E-state index contributed by atoms with van der Waals surface area (Å²) in [5.74, 6) is -0.577. The first kappa shape index (κ1) is 14.5. The monoisotopic (exact) mass is 256 g/mol. The van der Waals surface area contributed by atoms with E-state index in [1.165, 1.54) is 12.1 Å². The van der Waals surface area contributed by atoms with E-state index in [1.54, 1.807) is 7.11 Å². The van der Waals surface area contributed by atoms with Crippen molar-refractivity contribution in [3.05, 3.63) is 39.7 Å². The van der Waals surface area contributed by atoms with Crippen molar-refractivity contribution in [1.29, 1.82) is 0 Å². The van der Waals surface area contributed by atoms with Crippen LogP contribution in [0.1, 0.15) is 12.0 Å². The van der Waals surface area contributed by atoms with Crippen LogP contribution in [0, 0.1) is 15.9 Å². The molecule has 100 valence electrons. The van der Waals surface area contributed by atoms with E-state index in [-0.39, 0.29) is 11.7 Å². The molecule has 1 N–H and O–H groups in total. The minimum absolute atomic E-state index is 0.150. The van der Waals surface area contributed by atoms with Crippen molar-refractivity contribution in [1.82, 2.24) is 5.32 Å². The zero-order chi connectivity index (χ0) is 13.5. The molecule has 0 aliphatic carbocycles. The number of nitrogens with zero attached hydrogens (tertiary/aromatic N) is 1. The van der Waals surface area contributed by atoms with Crippen molar-refractivity contribution in [2.24, 2.45) is 0 Å². The maximum absolute atomic E-state index is 13.2. The van der Waals surface area contributed by atoms with Crippen LogP contribution in [0.5, 0.6) is 0 Å². The van der Waals surface area contributed by atoms with Gasteiger partial charge in [0.05, 0.1) is 17.6 Å². The topological polar surface area (TPSA) is 64.4 Å². The van der Waals surface area contributed by atoms with Gasteiger partial charge >= 0.3 is 0 Å². The standard InChI is InChI=1S/C12H17FN2O3/c1-14-11(8-18-2)4-3-9-5-10(13)7-12(6-9)15(16)17/h5-7,11,14H,3-4,8H2,1-2H3. The molecule has 0 aromatic heterocycles. The van der Waals surface area contributed by atoms with Crippen LogP contribution in [-0.4, -0.2) is 31.7 Å². The predicted octanol–water partition coefficient (Wildman–Crippen LogP) is 1.90. The number of non-ortho nitro benzene ring substituents is 1. The molecule has 1 aromatic carbocycles. The van der Waals surface area contributed by atoms with Gasteiger partial charge in [0.25, 0.3) is 5.69 Å². The fourth-order valence-electron chi connectivity index (χ4n) is 1.74. The highest BCUT2D eigenvalue weighted by atomic mass is 19.1. The van der Waals surface area contributed by atoms with E-state index < -0.39 is 10.7 Å². The average Bonchev–Trinajstić information content (AvgIpc) is 2.33. The Morgan fingerprint density at radius 3 is 2.78 bits per heavy atom. The van der Waals surface area contributed by atoms with Crippen LogP contribution < -0.4 is 5.32 Å². The second kappa shape index (κ2) is 7.03. The highest BCUT2D eigenvalue weighted by Gasteiger charge is 2.11. The highest BCUT2D eigenvalue weighted by molar-refractivity contribution is 5.35. The first-order valence-electron chi connectivity index (χ1n) is 5.67. The molecular weight excluding hydrogens is 239 g/mol. The molecule has 5 nitrogen and oxygen atoms in total. The molecule has 1 unspecified atom stereocenters. The van der Waals surface area contributed by atoms with E-state index in [2.05, 4.69) is 5.32 Å². The number of nitro groups is 1. The largest absolute Gasteiger partial charge is 0.383 e. The average molecular weight is 256 g/mol. The van der Waals surface area contributed by atoms with E-state index in [1.807, 2.05) is 7.05 Å². The first-order chi connectivity index (χ1) is 8.56. The van der Waals surface area contributed by atoms with Gasteiger partial charge in [-0.1, -0.05) is 0 Å². The third-order valence-electron chi connectivity index (χ3n) is 2.71. The summed E-state index contributed by atoms with van der Waals surface area (Å²) in [6.07, 6.45) is 1.29. The van der Waals surface area contributed by atoms with Gasteiger partial charge in [0, 0.05) is 19.2 Å². The van der Waals surface area contributed by atoms with E-state index in [0.717, 1.165) is 12.5 Å². The van der Waals surface area contributed by atoms with Crippen molar-refractivity contribution in [2.75, 3.05) is 20.8 Å². The Balaban J connectivity index is 2.69. The molecule has 0 radical (unpaired) electrons. The summed E-state index contributed by atoms with van der Waals surface area (Å²) in [6.45, 7) is 0.550. The lowest BCUT2D eigenvalue weighted by Gasteiger charge is -2.14. The molecule has 0 aliphatic rings. The second-order valence-electron chi connectivity index (χ2n) is 4.05. The van der Waals surface area contributed by atoms with Gasteiger partial charge in [-0.25, -0.2) is 4.39 Å². The third-order valence-corrected chi connectivity index (χ3v) is 2.71. The van der Waals surface area contributed by atoms with Crippen LogP contribution >= 0.6 is 0 Å². The van der Waals surface area contributed by atoms with Crippen molar-refractivity contribution in [3.63, 3.8) is 0 Å². The molecular formula is C12H17FN2O3. The number of rotatable bonds is 7. The zero-order valence-electron chi connectivity index (χ0n) is 10.5. The van der Waals surface area contributed by atoms with E-state index in [4.69, 9.17) is 4.74 Å². The lowest BCUT2D eigenvalue weighted by molar-refractivity contribution is -0.385. The Bertz CT molecular complexity index is 412. The number of aryl methyl sites for hydroxylation is 1. The molecule has 0 bridgehead atoms. The summed E-state index contributed by atoms with van der Waals surface area (Å²) in [5, 5.41) is 13.7. The van der Waals surface area contributed by atoms with Gasteiger partial charge in [-0.05, 0) is 31.5 Å². The predicted molar refractivity (Wildman–Crippen MR) is 66.1 cm³/mol. The Kier molecular flexibility index (Phi) is 5.67. The van der Waals surface area contributed by atoms with Gasteiger partial charge in [-0.15, -0.1) is 0 Å². The minimum atomic E-state index is -0.586. The minimum Gasteiger partial charge on any atom is -0.383 e. The van der Waals surface area contributed by atoms with Gasteiger partial charge in [-0.3, -0.25) is 10.1 Å². The van der Waals surface area contributed by atoms with Crippen molar-refractivity contribution >= 4 is 5.69 Å². The quantitative estimate of drug-likeness (QED) is 0.597. The SMILES string of the molecule is CNC(CCc1cc(F)cc([N+](=O)[O-])c1)COC. The maximum Gasteiger partial charge on any atom is 0.272 e. The van der Waals surface area contributed by atoms with Crippen LogP contribution in [0.3, 0.4) is 0 Å². The van der Waals surface area contributed by atoms with Crippen molar-refractivity contribution in [3.8, 4) is 0 Å². The lowest BCUT2D eigenvalue weighted by atomic mass is 10.0. The van der Waals surface area contributed by atoms with Gasteiger partial charge < -0.3 is 10.1 Å². The molecule has 0 saturated heterocycles. The fraction of sp³-hybridized carbons (Fsp3) is 0.500. The highest BCUT2D eigenvalue weighted by Crippen LogP contribution is 2.17. The number of benzene rings is 1. The molecule has 6 heteroatoms. The summed E-state index contributed by atoms with van der Waals surface area (Å²) in [6, 6.07) is 3.81. The number of methoxy groups -OCH3 is 1. The lowest BCUT2D eigenvalue weighted by Crippen LogP contribution is -2.30. The van der Waals surface area contributed by atoms with Gasteiger partial charge in [0.2, 0.25) is 0 Å². The van der Waals surface area contributed by atoms with Gasteiger partial charge in [-0.2, -0.15) is 0 Å². The molecule has 1 rings (SSSR count). The first-order valence-corrected chi connectivity index (χ1v) is 5.67. The summed E-state index contributed by atoms with van der Waals surface area (Å²) in [7, 11) is 3.43. The number of nitro benzene ring substituents is 1. The maximum atomic E-state index is 13.2. The molecule has 0 heterocycles. The van der Waals surface area contributed by atoms with Crippen LogP contribution in [0.4, 0.5) is 10.1 Å². The Labute approximate surface area is 105 Å². The molecule has 1 aromatic rings. The number of nitrogens with one attached hydrogen (secondary N) is 1. The van der Waals surface area contributed by atoms with Crippen LogP contribution in [0.2, 0.25) is 0 Å². The molecule has 18 heavy (non-hydrogen) atoms. The smallest absolute Gasteiger partial charge is 0.272 e. The zero-order valence-corrected chi connectivity index (χ0v) is 10.5. The number of hydrogen-bond acceptors (Lipinski definition) is 4. The van der Waals surface area contributed by atoms with Crippen molar-refractivity contribution < 1.29 is 14.1 Å². The summed E-state index contributed by atoms with van der Waals surface area (Å²) in [5.41, 5.74) is 0.413. The Morgan fingerprint density at radius 2 is 2.22 bits per heavy atom.